The van der Waals surface area contributed by atoms with E-state index in [2.05, 4.69) is 4.98 Å². The second-order valence-corrected chi connectivity index (χ2v) is 6.78. The molecule has 0 radical (unpaired) electrons. The van der Waals surface area contributed by atoms with Crippen molar-refractivity contribution >= 4 is 45.0 Å². The maximum atomic E-state index is 12.8. The number of fused-ring (bicyclic) bond motifs is 4. The summed E-state index contributed by atoms with van der Waals surface area (Å²) in [5, 5.41) is 0.509. The Balaban J connectivity index is 1.76. The zero-order valence-electron chi connectivity index (χ0n) is 12.2. The lowest BCUT2D eigenvalue weighted by Gasteiger charge is -2.00. The Kier molecular flexibility index (Phi) is 2.86. The summed E-state index contributed by atoms with van der Waals surface area (Å²) in [5.74, 6) is 1.25. The molecule has 5 nitrogen and oxygen atoms in total. The largest absolute Gasteiger partial charge is 0.454 e. The lowest BCUT2D eigenvalue weighted by atomic mass is 10.2. The average molecular weight is 357 g/mol. The van der Waals surface area contributed by atoms with E-state index in [9.17, 15) is 4.79 Å². The third kappa shape index (κ3) is 1.93. The first-order valence-corrected chi connectivity index (χ1v) is 8.41. The van der Waals surface area contributed by atoms with Crippen LogP contribution in [0.2, 0.25) is 5.02 Å². The number of imidazole rings is 1. The molecule has 2 aromatic carbocycles. The molecule has 2 aromatic heterocycles. The average Bonchev–Trinajstić information content (AvgIpc) is 3.23. The van der Waals surface area contributed by atoms with Crippen molar-refractivity contribution in [3.8, 4) is 11.5 Å². The van der Waals surface area contributed by atoms with Gasteiger partial charge in [0.25, 0.3) is 5.56 Å². The van der Waals surface area contributed by atoms with Gasteiger partial charge in [0.2, 0.25) is 6.79 Å². The van der Waals surface area contributed by atoms with E-state index in [0.29, 0.717) is 31.6 Å². The highest BCUT2D eigenvalue weighted by Gasteiger charge is 2.16. The van der Waals surface area contributed by atoms with Gasteiger partial charge in [0.05, 0.1) is 20.6 Å². The van der Waals surface area contributed by atoms with Crippen molar-refractivity contribution < 1.29 is 9.47 Å². The van der Waals surface area contributed by atoms with E-state index < -0.39 is 0 Å². The van der Waals surface area contributed by atoms with Crippen molar-refractivity contribution in [3.63, 3.8) is 0 Å². The number of rotatable bonds is 1. The predicted molar refractivity (Wildman–Crippen MR) is 93.2 cm³/mol. The molecule has 0 fully saturated rings. The van der Waals surface area contributed by atoms with Gasteiger partial charge < -0.3 is 9.47 Å². The van der Waals surface area contributed by atoms with Crippen LogP contribution in [0.3, 0.4) is 0 Å². The number of halogens is 1. The quantitative estimate of drug-likeness (QED) is 0.526. The number of ether oxygens (including phenoxy) is 2. The molecule has 0 amide bonds. The molecule has 0 saturated carbocycles. The van der Waals surface area contributed by atoms with E-state index in [1.165, 1.54) is 11.3 Å². The molecular formula is C17H9ClN2O3S. The van der Waals surface area contributed by atoms with E-state index in [1.807, 2.05) is 24.3 Å². The van der Waals surface area contributed by atoms with Crippen LogP contribution in [0.1, 0.15) is 5.56 Å². The van der Waals surface area contributed by atoms with E-state index >= 15 is 0 Å². The maximum absolute atomic E-state index is 12.8. The third-order valence-corrected chi connectivity index (χ3v) is 5.22. The number of aromatic nitrogens is 2. The Morgan fingerprint density at radius 2 is 2.00 bits per heavy atom. The van der Waals surface area contributed by atoms with Crippen molar-refractivity contribution in [2.45, 2.75) is 0 Å². The number of nitrogens with zero attached hydrogens (tertiary/aromatic N) is 2. The maximum Gasteiger partial charge on any atom is 0.274 e. The van der Waals surface area contributed by atoms with Crippen LogP contribution in [0.15, 0.2) is 41.2 Å². The first-order chi connectivity index (χ1) is 11.7. The topological polar surface area (TPSA) is 52.8 Å². The van der Waals surface area contributed by atoms with Crippen LogP contribution in [-0.2, 0) is 0 Å². The molecule has 0 spiro atoms. The Hall–Kier alpha value is -2.57. The minimum absolute atomic E-state index is 0.0996. The fraction of sp³-hybridized carbons (Fsp3) is 0.0588. The lowest BCUT2D eigenvalue weighted by molar-refractivity contribution is 0.174. The van der Waals surface area contributed by atoms with Crippen LogP contribution in [-0.4, -0.2) is 16.2 Å². The molecule has 1 aliphatic heterocycles. The second kappa shape index (κ2) is 4.96. The zero-order valence-corrected chi connectivity index (χ0v) is 13.7. The third-order valence-electron chi connectivity index (χ3n) is 3.92. The van der Waals surface area contributed by atoms with Crippen LogP contribution in [0.25, 0.3) is 22.1 Å². The van der Waals surface area contributed by atoms with E-state index in [0.717, 1.165) is 11.0 Å². The van der Waals surface area contributed by atoms with Gasteiger partial charge in [0, 0.05) is 6.07 Å². The summed E-state index contributed by atoms with van der Waals surface area (Å²) in [5.41, 5.74) is 2.24. The first kappa shape index (κ1) is 13.8. The summed E-state index contributed by atoms with van der Waals surface area (Å²) >= 11 is 7.63. The molecule has 5 rings (SSSR count). The second-order valence-electron chi connectivity index (χ2n) is 5.36. The van der Waals surface area contributed by atoms with E-state index in [4.69, 9.17) is 21.1 Å². The minimum Gasteiger partial charge on any atom is -0.454 e. The van der Waals surface area contributed by atoms with Crippen molar-refractivity contribution in [2.24, 2.45) is 0 Å². The molecule has 0 atom stereocenters. The number of para-hydroxylation sites is 2. The number of benzene rings is 2. The van der Waals surface area contributed by atoms with Gasteiger partial charge in [-0.05, 0) is 29.8 Å². The molecular weight excluding hydrogens is 348 g/mol. The van der Waals surface area contributed by atoms with Crippen LogP contribution in [0.5, 0.6) is 11.5 Å². The summed E-state index contributed by atoms with van der Waals surface area (Å²) in [7, 11) is 0. The summed E-state index contributed by atoms with van der Waals surface area (Å²) in [6.45, 7) is 0.181. The minimum atomic E-state index is -0.0996. The molecule has 7 heteroatoms. The van der Waals surface area contributed by atoms with Gasteiger partial charge in [-0.15, -0.1) is 0 Å². The Morgan fingerprint density at radius 1 is 1.21 bits per heavy atom. The molecule has 0 aliphatic carbocycles. The summed E-state index contributed by atoms with van der Waals surface area (Å²) in [6.07, 6.45) is 1.76. The van der Waals surface area contributed by atoms with E-state index in [-0.39, 0.29) is 12.4 Å². The monoisotopic (exact) mass is 356 g/mol. The molecule has 0 N–H and O–H groups in total. The highest BCUT2D eigenvalue weighted by Crippen LogP contribution is 2.37. The SMILES string of the molecule is O=c1/c(=C/c2cc3c(cc2Cl)OCO3)sc2nc3ccccc3n12. The summed E-state index contributed by atoms with van der Waals surface area (Å²) < 4.78 is 12.9. The van der Waals surface area contributed by atoms with Gasteiger partial charge >= 0.3 is 0 Å². The highest BCUT2D eigenvalue weighted by molar-refractivity contribution is 7.15. The Labute approximate surface area is 144 Å². The van der Waals surface area contributed by atoms with Gasteiger partial charge in [-0.3, -0.25) is 4.79 Å². The number of hydrogen-bond acceptors (Lipinski definition) is 5. The van der Waals surface area contributed by atoms with Crippen molar-refractivity contribution in [1.29, 1.82) is 0 Å². The Bertz CT molecular complexity index is 1230. The highest BCUT2D eigenvalue weighted by atomic mass is 35.5. The molecule has 0 saturated heterocycles. The summed E-state index contributed by atoms with van der Waals surface area (Å²) in [6, 6.07) is 11.1. The standard InChI is InChI=1S/C17H9ClN2O3S/c18-10-7-14-13(22-8-23-14)5-9(10)6-15-16(21)20-12-4-2-1-3-11(12)19-17(20)24-15/h1-7H,8H2/b15-6-. The van der Waals surface area contributed by atoms with E-state index in [1.54, 1.807) is 22.6 Å². The van der Waals surface area contributed by atoms with Crippen LogP contribution in [0, 0.1) is 0 Å². The van der Waals surface area contributed by atoms with Gasteiger partial charge in [-0.25, -0.2) is 9.38 Å². The fourth-order valence-corrected chi connectivity index (χ4v) is 3.98. The normalized spacial score (nSPS) is 14.1. The van der Waals surface area contributed by atoms with Crippen LogP contribution >= 0.6 is 22.9 Å². The molecule has 24 heavy (non-hydrogen) atoms. The van der Waals surface area contributed by atoms with Crippen molar-refractivity contribution in [1.82, 2.24) is 9.38 Å². The molecule has 4 aromatic rings. The molecule has 0 bridgehead atoms. The van der Waals surface area contributed by atoms with Gasteiger partial charge in [0.1, 0.15) is 0 Å². The molecule has 118 valence electrons. The van der Waals surface area contributed by atoms with Gasteiger partial charge in [0.15, 0.2) is 16.5 Å². The zero-order chi connectivity index (χ0) is 16.3. The Morgan fingerprint density at radius 3 is 2.88 bits per heavy atom. The van der Waals surface area contributed by atoms with Crippen LogP contribution < -0.4 is 19.6 Å². The fourth-order valence-electron chi connectivity index (χ4n) is 2.80. The molecule has 1 aliphatic rings. The number of thiazole rings is 1. The van der Waals surface area contributed by atoms with Crippen molar-refractivity contribution in [2.75, 3.05) is 6.79 Å². The van der Waals surface area contributed by atoms with Gasteiger partial charge in [-0.1, -0.05) is 35.1 Å². The predicted octanol–water partition coefficient (Wildman–Crippen LogP) is 2.84. The smallest absolute Gasteiger partial charge is 0.274 e. The molecule has 0 unspecified atom stereocenters. The van der Waals surface area contributed by atoms with Crippen molar-refractivity contribution in [3.05, 3.63) is 61.9 Å². The first-order valence-electron chi connectivity index (χ1n) is 7.21. The van der Waals surface area contributed by atoms with Gasteiger partial charge in [-0.2, -0.15) is 0 Å². The number of hydrogen-bond donors (Lipinski definition) is 0. The summed E-state index contributed by atoms with van der Waals surface area (Å²) in [4.78, 5) is 17.9. The van der Waals surface area contributed by atoms with Crippen LogP contribution in [0.4, 0.5) is 0 Å². The lowest BCUT2D eigenvalue weighted by Crippen LogP contribution is -2.22. The molecule has 3 heterocycles.